The molecule has 90 valence electrons. The number of hydrogen-bond acceptors (Lipinski definition) is 1. The van der Waals surface area contributed by atoms with Crippen LogP contribution < -0.4 is 4.74 Å². The van der Waals surface area contributed by atoms with Gasteiger partial charge in [-0.2, -0.15) is 0 Å². The van der Waals surface area contributed by atoms with Crippen molar-refractivity contribution in [1.29, 1.82) is 0 Å². The van der Waals surface area contributed by atoms with E-state index in [2.05, 4.69) is 12.5 Å². The molecule has 0 aliphatic heterocycles. The van der Waals surface area contributed by atoms with E-state index in [-0.39, 0.29) is 6.61 Å². The van der Waals surface area contributed by atoms with Crippen molar-refractivity contribution in [1.82, 2.24) is 0 Å². The van der Waals surface area contributed by atoms with E-state index < -0.39 is 3.79 Å². The number of rotatable bonds is 4. The second-order valence-corrected chi connectivity index (χ2v) is 5.88. The van der Waals surface area contributed by atoms with Gasteiger partial charge in [0, 0.05) is 5.56 Å². The van der Waals surface area contributed by atoms with Crippen LogP contribution in [-0.4, -0.2) is 10.4 Å². The molecule has 0 heterocycles. The summed E-state index contributed by atoms with van der Waals surface area (Å²) in [6.45, 7) is 3.66. The lowest BCUT2D eigenvalue weighted by atomic mass is 10.1. The molecule has 0 saturated heterocycles. The Hall–Kier alpha value is -0.810. The standard InChI is InChI=1S/C13H11Cl3O/c1-3-5-11-8-10(4-2)6-7-12(11)17-9-13(14,15)16/h2-3,6-8H,1,5,9H2. The van der Waals surface area contributed by atoms with Gasteiger partial charge in [0.25, 0.3) is 0 Å². The summed E-state index contributed by atoms with van der Waals surface area (Å²) < 4.78 is 4.01. The fourth-order valence-electron chi connectivity index (χ4n) is 1.28. The van der Waals surface area contributed by atoms with Gasteiger partial charge in [-0.15, -0.1) is 13.0 Å². The van der Waals surface area contributed by atoms with Crippen molar-refractivity contribution in [2.24, 2.45) is 0 Å². The van der Waals surface area contributed by atoms with Gasteiger partial charge >= 0.3 is 0 Å². The SMILES string of the molecule is C#Cc1ccc(OCC(Cl)(Cl)Cl)c(CC=C)c1. The van der Waals surface area contributed by atoms with Crippen LogP contribution in [0.3, 0.4) is 0 Å². The van der Waals surface area contributed by atoms with E-state index in [9.17, 15) is 0 Å². The van der Waals surface area contributed by atoms with Gasteiger partial charge in [-0.05, 0) is 30.2 Å². The molecule has 0 spiro atoms. The zero-order chi connectivity index (χ0) is 12.9. The van der Waals surface area contributed by atoms with E-state index in [1.807, 2.05) is 6.07 Å². The van der Waals surface area contributed by atoms with Crippen LogP contribution in [0.1, 0.15) is 11.1 Å². The Balaban J connectivity index is 2.91. The largest absolute Gasteiger partial charge is 0.489 e. The number of terminal acetylenes is 1. The Morgan fingerprint density at radius 2 is 2.12 bits per heavy atom. The number of alkyl halides is 3. The van der Waals surface area contributed by atoms with Gasteiger partial charge in [0.2, 0.25) is 3.79 Å². The molecule has 1 aromatic rings. The van der Waals surface area contributed by atoms with Crippen molar-refractivity contribution >= 4 is 34.8 Å². The van der Waals surface area contributed by atoms with Crippen LogP contribution in [0.5, 0.6) is 5.75 Å². The minimum absolute atomic E-state index is 0.0167. The van der Waals surface area contributed by atoms with Crippen LogP contribution in [0.15, 0.2) is 30.9 Å². The third-order valence-corrected chi connectivity index (χ3v) is 2.31. The first-order valence-electron chi connectivity index (χ1n) is 4.86. The summed E-state index contributed by atoms with van der Waals surface area (Å²) in [5.74, 6) is 3.21. The Bertz CT molecular complexity index is 441. The fraction of sp³-hybridized carbons (Fsp3) is 0.231. The zero-order valence-corrected chi connectivity index (χ0v) is 11.3. The maximum atomic E-state index is 5.62. The first kappa shape index (κ1) is 14.3. The molecule has 0 unspecified atom stereocenters. The summed E-state index contributed by atoms with van der Waals surface area (Å²) in [5, 5.41) is 0. The Morgan fingerprint density at radius 1 is 1.41 bits per heavy atom. The molecular formula is C13H11Cl3O. The molecule has 0 amide bonds. The molecule has 0 aliphatic carbocycles. The minimum atomic E-state index is -1.43. The molecule has 0 saturated carbocycles. The summed E-state index contributed by atoms with van der Waals surface area (Å²) in [7, 11) is 0. The third kappa shape index (κ3) is 4.91. The highest BCUT2D eigenvalue weighted by Crippen LogP contribution is 2.28. The highest BCUT2D eigenvalue weighted by molar-refractivity contribution is 6.67. The summed E-state index contributed by atoms with van der Waals surface area (Å²) >= 11 is 16.9. The lowest BCUT2D eigenvalue weighted by molar-refractivity contribution is 0.323. The second kappa shape index (κ2) is 6.21. The molecule has 0 aliphatic rings. The fourth-order valence-corrected chi connectivity index (χ4v) is 1.45. The molecule has 0 N–H and O–H groups in total. The van der Waals surface area contributed by atoms with E-state index in [1.165, 1.54) is 0 Å². The average Bonchev–Trinajstić information content (AvgIpc) is 2.26. The molecule has 1 rings (SSSR count). The molecule has 4 heteroatoms. The number of halogens is 3. The topological polar surface area (TPSA) is 9.23 Å². The molecule has 0 bridgehead atoms. The quantitative estimate of drug-likeness (QED) is 0.460. The van der Waals surface area contributed by atoms with E-state index in [4.69, 9.17) is 46.0 Å². The number of ether oxygens (including phenoxy) is 1. The van der Waals surface area contributed by atoms with Gasteiger partial charge < -0.3 is 4.74 Å². The van der Waals surface area contributed by atoms with Crippen LogP contribution in [0.25, 0.3) is 0 Å². The molecule has 17 heavy (non-hydrogen) atoms. The highest BCUT2D eigenvalue weighted by Gasteiger charge is 2.21. The monoisotopic (exact) mass is 288 g/mol. The van der Waals surface area contributed by atoms with Crippen molar-refractivity contribution in [2.75, 3.05) is 6.61 Å². The number of benzene rings is 1. The summed E-state index contributed by atoms with van der Waals surface area (Å²) in [4.78, 5) is 0. The zero-order valence-electron chi connectivity index (χ0n) is 9.05. The van der Waals surface area contributed by atoms with Crippen molar-refractivity contribution in [3.63, 3.8) is 0 Å². The van der Waals surface area contributed by atoms with Crippen molar-refractivity contribution in [3.8, 4) is 18.1 Å². The van der Waals surface area contributed by atoms with Gasteiger partial charge in [-0.3, -0.25) is 0 Å². The van der Waals surface area contributed by atoms with Gasteiger partial charge in [0.05, 0.1) is 0 Å². The van der Waals surface area contributed by atoms with Crippen LogP contribution in [-0.2, 0) is 6.42 Å². The smallest absolute Gasteiger partial charge is 0.223 e. The van der Waals surface area contributed by atoms with Gasteiger partial charge in [-0.1, -0.05) is 46.8 Å². The van der Waals surface area contributed by atoms with E-state index >= 15 is 0 Å². The molecular weight excluding hydrogens is 279 g/mol. The predicted octanol–water partition coefficient (Wildman–Crippen LogP) is 4.15. The Kier molecular flexibility index (Phi) is 5.21. The second-order valence-electron chi connectivity index (χ2n) is 3.36. The van der Waals surface area contributed by atoms with E-state index in [0.717, 1.165) is 11.1 Å². The Labute approximate surface area is 116 Å². The highest BCUT2D eigenvalue weighted by atomic mass is 35.6. The Morgan fingerprint density at radius 3 is 2.65 bits per heavy atom. The summed E-state index contributed by atoms with van der Waals surface area (Å²) in [6.07, 6.45) is 7.73. The van der Waals surface area contributed by atoms with Gasteiger partial charge in [-0.25, -0.2) is 0 Å². The average molecular weight is 290 g/mol. The molecule has 0 fully saturated rings. The van der Waals surface area contributed by atoms with Crippen molar-refractivity contribution in [3.05, 3.63) is 42.0 Å². The van der Waals surface area contributed by atoms with Gasteiger partial charge in [0.15, 0.2) is 0 Å². The molecule has 0 aromatic heterocycles. The predicted molar refractivity (Wildman–Crippen MR) is 74.1 cm³/mol. The van der Waals surface area contributed by atoms with E-state index in [0.29, 0.717) is 12.2 Å². The number of hydrogen-bond donors (Lipinski definition) is 0. The summed E-state index contributed by atoms with van der Waals surface area (Å²) in [6, 6.07) is 5.40. The van der Waals surface area contributed by atoms with Crippen LogP contribution in [0, 0.1) is 12.3 Å². The third-order valence-electron chi connectivity index (χ3n) is 1.98. The van der Waals surface area contributed by atoms with Crippen LogP contribution >= 0.6 is 34.8 Å². The van der Waals surface area contributed by atoms with Gasteiger partial charge in [0.1, 0.15) is 12.4 Å². The molecule has 1 aromatic carbocycles. The first-order chi connectivity index (χ1) is 7.96. The van der Waals surface area contributed by atoms with E-state index in [1.54, 1.807) is 18.2 Å². The van der Waals surface area contributed by atoms with Crippen molar-refractivity contribution in [2.45, 2.75) is 10.2 Å². The van der Waals surface area contributed by atoms with Crippen LogP contribution in [0.4, 0.5) is 0 Å². The molecule has 1 nitrogen and oxygen atoms in total. The lowest BCUT2D eigenvalue weighted by Gasteiger charge is -2.15. The first-order valence-corrected chi connectivity index (χ1v) is 5.99. The number of allylic oxidation sites excluding steroid dienone is 1. The van der Waals surface area contributed by atoms with Crippen LogP contribution in [0.2, 0.25) is 0 Å². The molecule has 0 atom stereocenters. The lowest BCUT2D eigenvalue weighted by Crippen LogP contribution is -2.16. The van der Waals surface area contributed by atoms with Crippen molar-refractivity contribution < 1.29 is 4.74 Å². The maximum absolute atomic E-state index is 5.62. The summed E-state index contributed by atoms with van der Waals surface area (Å²) in [5.41, 5.74) is 1.70. The normalized spacial score (nSPS) is 10.7. The maximum Gasteiger partial charge on any atom is 0.223 e. The molecule has 0 radical (unpaired) electrons. The minimum Gasteiger partial charge on any atom is -0.489 e.